The highest BCUT2D eigenvalue weighted by atomic mass is 32.1. The van der Waals surface area contributed by atoms with E-state index in [0.717, 1.165) is 42.7 Å². The third-order valence-electron chi connectivity index (χ3n) is 7.00. The molecule has 5 nitrogen and oxygen atoms in total. The van der Waals surface area contributed by atoms with Gasteiger partial charge in [-0.05, 0) is 68.4 Å². The van der Waals surface area contributed by atoms with Gasteiger partial charge < -0.3 is 10.3 Å². The van der Waals surface area contributed by atoms with Crippen molar-refractivity contribution in [1.82, 2.24) is 19.9 Å². The predicted octanol–water partition coefficient (Wildman–Crippen LogP) is 6.69. The summed E-state index contributed by atoms with van der Waals surface area (Å²) >= 11 is 3.60. The first-order valence-electron chi connectivity index (χ1n) is 12.0. The van der Waals surface area contributed by atoms with Crippen LogP contribution in [0.1, 0.15) is 45.5 Å². The van der Waals surface area contributed by atoms with Crippen molar-refractivity contribution in [1.29, 1.82) is 0 Å². The van der Waals surface area contributed by atoms with Crippen molar-refractivity contribution in [3.8, 4) is 0 Å². The molecule has 1 saturated heterocycles. The summed E-state index contributed by atoms with van der Waals surface area (Å²) in [6, 6.07) is 13.0. The number of thiophene rings is 2. The number of hydrogen-bond acceptors (Lipinski definition) is 6. The summed E-state index contributed by atoms with van der Waals surface area (Å²) in [6.07, 6.45) is 4.72. The van der Waals surface area contributed by atoms with Crippen LogP contribution >= 0.6 is 22.7 Å². The van der Waals surface area contributed by atoms with E-state index in [1.807, 2.05) is 11.3 Å². The molecule has 5 aromatic rings. The van der Waals surface area contributed by atoms with Crippen molar-refractivity contribution in [2.75, 3.05) is 25.0 Å². The zero-order chi connectivity index (χ0) is 23.1. The minimum absolute atomic E-state index is 0.239. The smallest absolute Gasteiger partial charge is 0.146 e. The molecule has 2 N–H and O–H groups in total. The van der Waals surface area contributed by atoms with Gasteiger partial charge in [-0.2, -0.15) is 0 Å². The Hall–Kier alpha value is -2.74. The van der Waals surface area contributed by atoms with Crippen LogP contribution in [0.2, 0.25) is 0 Å². The Morgan fingerprint density at radius 1 is 1.09 bits per heavy atom. The highest BCUT2D eigenvalue weighted by Gasteiger charge is 2.22. The van der Waals surface area contributed by atoms with E-state index in [-0.39, 0.29) is 5.92 Å². The van der Waals surface area contributed by atoms with Gasteiger partial charge in [0.05, 0.1) is 11.9 Å². The number of nitrogens with one attached hydrogen (secondary N) is 2. The Labute approximate surface area is 207 Å². The molecule has 5 heterocycles. The van der Waals surface area contributed by atoms with Gasteiger partial charge in [0.25, 0.3) is 0 Å². The molecule has 1 unspecified atom stereocenters. The first kappa shape index (κ1) is 21.8. The quantitative estimate of drug-likeness (QED) is 0.268. The van der Waals surface area contributed by atoms with E-state index in [1.165, 1.54) is 50.0 Å². The van der Waals surface area contributed by atoms with E-state index in [9.17, 15) is 0 Å². The molecule has 34 heavy (non-hydrogen) atoms. The lowest BCUT2D eigenvalue weighted by Gasteiger charge is -2.19. The van der Waals surface area contributed by atoms with Crippen LogP contribution in [0.3, 0.4) is 0 Å². The summed E-state index contributed by atoms with van der Waals surface area (Å²) in [5.74, 6) is 2.14. The molecule has 1 aliphatic heterocycles. The van der Waals surface area contributed by atoms with Crippen molar-refractivity contribution in [2.24, 2.45) is 0 Å². The first-order valence-corrected chi connectivity index (χ1v) is 13.7. The summed E-state index contributed by atoms with van der Waals surface area (Å²) < 4.78 is 0. The van der Waals surface area contributed by atoms with Gasteiger partial charge in [-0.3, -0.25) is 4.90 Å². The zero-order valence-electron chi connectivity index (χ0n) is 19.6. The molecule has 0 saturated carbocycles. The fourth-order valence-electron chi connectivity index (χ4n) is 5.07. The number of hydrogen-bond donors (Lipinski definition) is 2. The maximum atomic E-state index is 5.07. The van der Waals surface area contributed by atoms with E-state index in [1.54, 1.807) is 11.3 Å². The Bertz CT molecular complexity index is 1430. The first-order chi connectivity index (χ1) is 16.7. The number of aromatic nitrogens is 3. The molecule has 0 spiro atoms. The van der Waals surface area contributed by atoms with Crippen molar-refractivity contribution < 1.29 is 0 Å². The van der Waals surface area contributed by atoms with Gasteiger partial charge in [0.15, 0.2) is 0 Å². The molecular formula is C27H29N5S2. The van der Waals surface area contributed by atoms with Crippen LogP contribution < -0.4 is 5.32 Å². The van der Waals surface area contributed by atoms with E-state index in [2.05, 4.69) is 77.0 Å². The van der Waals surface area contributed by atoms with E-state index >= 15 is 0 Å². The largest absolute Gasteiger partial charge is 0.368 e. The van der Waals surface area contributed by atoms with Crippen molar-refractivity contribution in [3.05, 3.63) is 74.7 Å². The molecule has 6 rings (SSSR count). The number of para-hydroxylation sites is 1. The van der Waals surface area contributed by atoms with Crippen LogP contribution in [0, 0.1) is 13.8 Å². The van der Waals surface area contributed by atoms with Gasteiger partial charge >= 0.3 is 0 Å². The Kier molecular flexibility index (Phi) is 5.85. The third kappa shape index (κ3) is 4.02. The van der Waals surface area contributed by atoms with Gasteiger partial charge in [-0.25, -0.2) is 9.97 Å². The Balaban J connectivity index is 1.37. The normalized spacial score (nSPS) is 15.5. The number of likely N-dealkylation sites (tertiary alicyclic amines) is 1. The third-order valence-corrected chi connectivity index (χ3v) is 9.08. The second kappa shape index (κ2) is 9.13. The van der Waals surface area contributed by atoms with Gasteiger partial charge in [-0.15, -0.1) is 22.7 Å². The lowest BCUT2D eigenvalue weighted by atomic mass is 9.96. The zero-order valence-corrected chi connectivity index (χ0v) is 21.2. The van der Waals surface area contributed by atoms with Crippen LogP contribution in [0.5, 0.6) is 0 Å². The van der Waals surface area contributed by atoms with Crippen molar-refractivity contribution in [3.63, 3.8) is 0 Å². The minimum atomic E-state index is 0.239. The number of benzene rings is 1. The topological polar surface area (TPSA) is 56.8 Å². The molecule has 7 heteroatoms. The van der Waals surface area contributed by atoms with E-state index in [4.69, 9.17) is 9.97 Å². The Morgan fingerprint density at radius 2 is 1.94 bits per heavy atom. The van der Waals surface area contributed by atoms with Crippen molar-refractivity contribution >= 4 is 49.6 Å². The molecule has 4 aromatic heterocycles. The molecule has 0 amide bonds. The number of aromatic amines is 1. The minimum Gasteiger partial charge on any atom is -0.368 e. The second-order valence-electron chi connectivity index (χ2n) is 9.17. The van der Waals surface area contributed by atoms with E-state index in [0.29, 0.717) is 0 Å². The lowest BCUT2D eigenvalue weighted by Crippen LogP contribution is -2.21. The highest BCUT2D eigenvalue weighted by Crippen LogP contribution is 2.36. The molecular weight excluding hydrogens is 458 g/mol. The SMILES string of the molecule is Cc1sc2nc(CN3CCCC3)nc(NCC(c3cccs3)c3c[nH]c4ccccc34)c2c1C. The molecule has 0 bridgehead atoms. The number of rotatable bonds is 7. The number of aryl methyl sites for hydroxylation is 2. The van der Waals surface area contributed by atoms with Crippen LogP contribution in [0.4, 0.5) is 5.82 Å². The maximum absolute atomic E-state index is 5.07. The fourth-order valence-corrected chi connectivity index (χ4v) is 6.96. The number of anilines is 1. The van der Waals surface area contributed by atoms with Crippen LogP contribution in [-0.2, 0) is 6.54 Å². The van der Waals surface area contributed by atoms with E-state index < -0.39 is 0 Å². The second-order valence-corrected chi connectivity index (χ2v) is 11.4. The Morgan fingerprint density at radius 3 is 2.76 bits per heavy atom. The monoisotopic (exact) mass is 487 g/mol. The summed E-state index contributed by atoms with van der Waals surface area (Å²) in [5, 5.41) is 8.41. The van der Waals surface area contributed by atoms with Crippen LogP contribution in [0.15, 0.2) is 48.0 Å². The number of H-pyrrole nitrogens is 1. The summed E-state index contributed by atoms with van der Waals surface area (Å²) in [7, 11) is 0. The van der Waals surface area contributed by atoms with Crippen molar-refractivity contribution in [2.45, 2.75) is 39.2 Å². The molecule has 1 aliphatic rings. The summed E-state index contributed by atoms with van der Waals surface area (Å²) in [6.45, 7) is 8.29. The van der Waals surface area contributed by atoms with Gasteiger partial charge in [0.1, 0.15) is 16.5 Å². The van der Waals surface area contributed by atoms with Crippen LogP contribution in [-0.4, -0.2) is 39.5 Å². The fraction of sp³-hybridized carbons (Fsp3) is 0.333. The number of fused-ring (bicyclic) bond motifs is 2. The molecule has 0 aliphatic carbocycles. The standard InChI is InChI=1S/C27H29N5S2/c1-17-18(2)34-27-25(17)26(30-24(31-27)16-32-11-5-6-12-32)29-15-21(23-10-7-13-33-23)20-14-28-22-9-4-3-8-19(20)22/h3-4,7-10,13-14,21,28H,5-6,11-12,15-16H2,1-2H3,(H,29,30,31). The maximum Gasteiger partial charge on any atom is 0.146 e. The molecule has 174 valence electrons. The van der Waals surface area contributed by atoms with Crippen LogP contribution in [0.25, 0.3) is 21.1 Å². The molecule has 0 radical (unpaired) electrons. The number of nitrogens with zero attached hydrogens (tertiary/aromatic N) is 3. The average molecular weight is 488 g/mol. The average Bonchev–Trinajstić information content (AvgIpc) is 3.64. The predicted molar refractivity (Wildman–Crippen MR) is 144 cm³/mol. The highest BCUT2D eigenvalue weighted by molar-refractivity contribution is 7.18. The molecule has 1 fully saturated rings. The van der Waals surface area contributed by atoms with Gasteiger partial charge in [0.2, 0.25) is 0 Å². The van der Waals surface area contributed by atoms with Gasteiger partial charge in [-0.1, -0.05) is 24.3 Å². The summed E-state index contributed by atoms with van der Waals surface area (Å²) in [5.41, 5.74) is 3.79. The molecule has 1 atom stereocenters. The lowest BCUT2D eigenvalue weighted by molar-refractivity contribution is 0.323. The summed E-state index contributed by atoms with van der Waals surface area (Å²) in [4.78, 5) is 19.8. The molecule has 1 aromatic carbocycles. The van der Waals surface area contributed by atoms with Gasteiger partial charge in [0, 0.05) is 39.3 Å².